The Balaban J connectivity index is 2.63. The summed E-state index contributed by atoms with van der Waals surface area (Å²) in [7, 11) is -3.48. The van der Waals surface area contributed by atoms with E-state index in [1.165, 1.54) is 6.07 Å². The fraction of sp³-hybridized carbons (Fsp3) is 0.375. The molecule has 0 aromatic carbocycles. The van der Waals surface area contributed by atoms with E-state index in [1.54, 1.807) is 18.4 Å². The van der Waals surface area contributed by atoms with Crippen LogP contribution in [-0.2, 0) is 10.0 Å². The van der Waals surface area contributed by atoms with Gasteiger partial charge in [0.15, 0.2) is 0 Å². The number of hydrogen-bond donors (Lipinski definition) is 3. The number of nitrogens with zero attached hydrogens (tertiary/aromatic N) is 1. The molecule has 4 N–H and O–H groups in total. The number of oxime groups is 1. The highest BCUT2D eigenvalue weighted by atomic mass is 32.2. The van der Waals surface area contributed by atoms with Crippen molar-refractivity contribution in [3.05, 3.63) is 17.5 Å². The van der Waals surface area contributed by atoms with Crippen LogP contribution in [0.25, 0.3) is 0 Å². The number of amidine groups is 1. The second-order valence-electron chi connectivity index (χ2n) is 3.21. The Morgan fingerprint density at radius 1 is 1.75 bits per heavy atom. The third-order valence-electron chi connectivity index (χ3n) is 1.96. The second-order valence-corrected chi connectivity index (χ2v) is 6.15. The van der Waals surface area contributed by atoms with Crippen molar-refractivity contribution in [2.75, 3.05) is 6.54 Å². The molecule has 0 aliphatic heterocycles. The Bertz CT molecular complexity index is 453. The Hall–Kier alpha value is -1.12. The van der Waals surface area contributed by atoms with Crippen LogP contribution >= 0.6 is 11.3 Å². The molecular formula is C8H13N3O3S2. The Morgan fingerprint density at radius 2 is 2.44 bits per heavy atom. The topological polar surface area (TPSA) is 105 Å². The maximum atomic E-state index is 11.7. The highest BCUT2D eigenvalue weighted by molar-refractivity contribution is 7.91. The molecule has 1 aromatic heterocycles. The molecule has 1 heterocycles. The van der Waals surface area contributed by atoms with Crippen LogP contribution in [0.15, 0.2) is 26.9 Å². The van der Waals surface area contributed by atoms with Crippen LogP contribution in [0, 0.1) is 5.92 Å². The van der Waals surface area contributed by atoms with E-state index in [4.69, 9.17) is 10.9 Å². The van der Waals surface area contributed by atoms with Crippen molar-refractivity contribution in [3.63, 3.8) is 0 Å². The highest BCUT2D eigenvalue weighted by Gasteiger charge is 2.17. The molecule has 0 amide bonds. The summed E-state index contributed by atoms with van der Waals surface area (Å²) in [6.45, 7) is 1.75. The van der Waals surface area contributed by atoms with Crippen molar-refractivity contribution >= 4 is 27.2 Å². The molecule has 1 atom stereocenters. The van der Waals surface area contributed by atoms with Crippen molar-refractivity contribution in [2.24, 2.45) is 16.8 Å². The van der Waals surface area contributed by atoms with Crippen molar-refractivity contribution < 1.29 is 13.6 Å². The molecular weight excluding hydrogens is 250 g/mol. The fourth-order valence-electron chi connectivity index (χ4n) is 0.925. The lowest BCUT2D eigenvalue weighted by Crippen LogP contribution is -2.34. The van der Waals surface area contributed by atoms with Crippen LogP contribution in [0.4, 0.5) is 0 Å². The first-order chi connectivity index (χ1) is 7.47. The molecule has 0 bridgehead atoms. The SMILES string of the molecule is CC(CNS(=O)(=O)c1cccs1)C(N)=NO. The number of hydrogen-bond acceptors (Lipinski definition) is 5. The normalized spacial score (nSPS) is 14.9. The van der Waals surface area contributed by atoms with E-state index in [1.807, 2.05) is 0 Å². The van der Waals surface area contributed by atoms with Gasteiger partial charge in [-0.1, -0.05) is 18.1 Å². The van der Waals surface area contributed by atoms with E-state index in [0.29, 0.717) is 0 Å². The van der Waals surface area contributed by atoms with Crippen LogP contribution in [0.2, 0.25) is 0 Å². The van der Waals surface area contributed by atoms with E-state index in [9.17, 15) is 8.42 Å². The predicted molar refractivity (Wildman–Crippen MR) is 62.1 cm³/mol. The summed E-state index contributed by atoms with van der Waals surface area (Å²) in [5.41, 5.74) is 5.33. The maximum absolute atomic E-state index is 11.7. The van der Waals surface area contributed by atoms with Gasteiger partial charge in [-0.3, -0.25) is 0 Å². The number of rotatable bonds is 5. The lowest BCUT2D eigenvalue weighted by Gasteiger charge is -2.10. The zero-order valence-electron chi connectivity index (χ0n) is 8.62. The molecule has 0 fully saturated rings. The molecule has 0 radical (unpaired) electrons. The van der Waals surface area contributed by atoms with Gasteiger partial charge in [-0.2, -0.15) is 0 Å². The number of thiophene rings is 1. The standard InChI is InChI=1S/C8H13N3O3S2/c1-6(8(9)11-12)5-10-16(13,14)7-3-2-4-15-7/h2-4,6,10,12H,5H2,1H3,(H2,9,11). The van der Waals surface area contributed by atoms with Gasteiger partial charge < -0.3 is 10.9 Å². The molecule has 0 saturated carbocycles. The summed E-state index contributed by atoms with van der Waals surface area (Å²) < 4.78 is 26.0. The summed E-state index contributed by atoms with van der Waals surface area (Å²) >= 11 is 1.13. The van der Waals surface area contributed by atoms with Crippen LogP contribution in [0.3, 0.4) is 0 Å². The van der Waals surface area contributed by atoms with Crippen LogP contribution in [-0.4, -0.2) is 26.0 Å². The van der Waals surface area contributed by atoms with E-state index >= 15 is 0 Å². The molecule has 16 heavy (non-hydrogen) atoms. The largest absolute Gasteiger partial charge is 0.409 e. The third kappa shape index (κ3) is 3.19. The number of nitrogens with two attached hydrogens (primary N) is 1. The monoisotopic (exact) mass is 263 g/mol. The van der Waals surface area contributed by atoms with Crippen molar-refractivity contribution in [1.29, 1.82) is 0 Å². The summed E-state index contributed by atoms with van der Waals surface area (Å²) in [6.07, 6.45) is 0. The maximum Gasteiger partial charge on any atom is 0.250 e. The van der Waals surface area contributed by atoms with Gasteiger partial charge in [0.2, 0.25) is 10.0 Å². The van der Waals surface area contributed by atoms with Gasteiger partial charge in [-0.05, 0) is 11.4 Å². The first-order valence-corrected chi connectivity index (χ1v) is 6.84. The third-order valence-corrected chi connectivity index (χ3v) is 4.78. The van der Waals surface area contributed by atoms with Gasteiger partial charge in [0.25, 0.3) is 0 Å². The summed E-state index contributed by atoms with van der Waals surface area (Å²) in [6, 6.07) is 3.17. The minimum atomic E-state index is -3.48. The zero-order chi connectivity index (χ0) is 12.2. The Labute approximate surface area is 97.8 Å². The predicted octanol–water partition coefficient (Wildman–Crippen LogP) is 0.409. The van der Waals surface area contributed by atoms with Crippen molar-refractivity contribution in [3.8, 4) is 0 Å². The average molecular weight is 263 g/mol. The second kappa shape index (κ2) is 5.28. The van der Waals surface area contributed by atoms with Gasteiger partial charge in [-0.15, -0.1) is 11.3 Å². The Kier molecular flexibility index (Phi) is 4.27. The van der Waals surface area contributed by atoms with Crippen molar-refractivity contribution in [2.45, 2.75) is 11.1 Å². The molecule has 0 spiro atoms. The van der Waals surface area contributed by atoms with Crippen LogP contribution in [0.5, 0.6) is 0 Å². The average Bonchev–Trinajstić information content (AvgIpc) is 2.78. The van der Waals surface area contributed by atoms with Crippen LogP contribution < -0.4 is 10.5 Å². The van der Waals surface area contributed by atoms with Gasteiger partial charge in [-0.25, -0.2) is 13.1 Å². The fourth-order valence-corrected chi connectivity index (χ4v) is 3.09. The van der Waals surface area contributed by atoms with Gasteiger partial charge in [0.05, 0.1) is 0 Å². The van der Waals surface area contributed by atoms with E-state index < -0.39 is 10.0 Å². The quantitative estimate of drug-likeness (QED) is 0.309. The lowest BCUT2D eigenvalue weighted by atomic mass is 10.2. The molecule has 6 nitrogen and oxygen atoms in total. The summed E-state index contributed by atoms with van der Waals surface area (Å²) in [5.74, 6) is -0.367. The smallest absolute Gasteiger partial charge is 0.250 e. The molecule has 1 aromatic rings. The molecule has 1 unspecified atom stereocenters. The zero-order valence-corrected chi connectivity index (χ0v) is 10.3. The van der Waals surface area contributed by atoms with E-state index in [2.05, 4.69) is 9.88 Å². The van der Waals surface area contributed by atoms with Gasteiger partial charge in [0.1, 0.15) is 10.0 Å². The molecule has 8 heteroatoms. The minimum absolute atomic E-state index is 0.00567. The van der Waals surface area contributed by atoms with Gasteiger partial charge >= 0.3 is 0 Å². The first-order valence-electron chi connectivity index (χ1n) is 4.48. The molecule has 1 rings (SSSR count). The molecule has 0 saturated heterocycles. The van der Waals surface area contributed by atoms with Crippen molar-refractivity contribution in [1.82, 2.24) is 4.72 Å². The minimum Gasteiger partial charge on any atom is -0.409 e. The molecule has 0 aliphatic carbocycles. The number of nitrogens with one attached hydrogen (secondary N) is 1. The van der Waals surface area contributed by atoms with Crippen LogP contribution in [0.1, 0.15) is 6.92 Å². The first kappa shape index (κ1) is 12.9. The lowest BCUT2D eigenvalue weighted by molar-refractivity contribution is 0.314. The summed E-state index contributed by atoms with van der Waals surface area (Å²) in [5, 5.41) is 12.9. The molecule has 90 valence electrons. The highest BCUT2D eigenvalue weighted by Crippen LogP contribution is 2.15. The summed E-state index contributed by atoms with van der Waals surface area (Å²) in [4.78, 5) is 0. The Morgan fingerprint density at radius 3 is 2.94 bits per heavy atom. The number of sulfonamides is 1. The molecule has 0 aliphatic rings. The van der Waals surface area contributed by atoms with E-state index in [-0.39, 0.29) is 22.5 Å². The van der Waals surface area contributed by atoms with E-state index in [0.717, 1.165) is 11.3 Å². The van der Waals surface area contributed by atoms with Gasteiger partial charge in [0, 0.05) is 12.5 Å².